The Morgan fingerprint density at radius 2 is 2.00 bits per heavy atom. The molecule has 0 aromatic heterocycles. The molecule has 1 aromatic carbocycles. The zero-order chi connectivity index (χ0) is 11.0. The van der Waals surface area contributed by atoms with Gasteiger partial charge in [-0.1, -0.05) is 30.7 Å². The van der Waals surface area contributed by atoms with Crippen molar-refractivity contribution < 1.29 is 0 Å². The Balaban J connectivity index is 1.70. The van der Waals surface area contributed by atoms with Gasteiger partial charge in [-0.05, 0) is 43.7 Å². The first-order chi connectivity index (χ1) is 7.80. The summed E-state index contributed by atoms with van der Waals surface area (Å²) in [7, 11) is 0. The van der Waals surface area contributed by atoms with Crippen molar-refractivity contribution in [3.8, 4) is 0 Å². The molecule has 16 heavy (non-hydrogen) atoms. The molecule has 86 valence electrons. The van der Waals surface area contributed by atoms with Crippen molar-refractivity contribution in [2.45, 2.75) is 50.5 Å². The second kappa shape index (κ2) is 3.89. The van der Waals surface area contributed by atoms with Gasteiger partial charge in [-0.15, -0.1) is 0 Å². The van der Waals surface area contributed by atoms with Crippen LogP contribution in [0.25, 0.3) is 0 Å². The molecule has 0 spiro atoms. The lowest BCUT2D eigenvalue weighted by Crippen LogP contribution is -2.40. The molecular formula is C15H21N. The number of hydrogen-bond acceptors (Lipinski definition) is 1. The summed E-state index contributed by atoms with van der Waals surface area (Å²) in [4.78, 5) is 0. The molecule has 1 N–H and O–H groups in total. The lowest BCUT2D eigenvalue weighted by Gasteiger charge is -2.29. The third-order valence-corrected chi connectivity index (χ3v) is 4.40. The van der Waals surface area contributed by atoms with Crippen molar-refractivity contribution in [3.63, 3.8) is 0 Å². The quantitative estimate of drug-likeness (QED) is 0.813. The summed E-state index contributed by atoms with van der Waals surface area (Å²) in [5.74, 6) is 0. The lowest BCUT2D eigenvalue weighted by molar-refractivity contribution is 0.328. The first-order valence-electron chi connectivity index (χ1n) is 6.60. The predicted octanol–water partition coefficient (Wildman–Crippen LogP) is 3.17. The molecule has 2 fully saturated rings. The van der Waals surface area contributed by atoms with Gasteiger partial charge in [-0.3, -0.25) is 0 Å². The summed E-state index contributed by atoms with van der Waals surface area (Å²) in [6.07, 6.45) is 6.96. The average Bonchev–Trinajstić information content (AvgIpc) is 2.97. The monoisotopic (exact) mass is 215 g/mol. The van der Waals surface area contributed by atoms with Gasteiger partial charge in [0, 0.05) is 18.0 Å². The maximum Gasteiger partial charge on any atom is 0.00811 e. The van der Waals surface area contributed by atoms with Crippen LogP contribution in [0, 0.1) is 6.92 Å². The van der Waals surface area contributed by atoms with Gasteiger partial charge >= 0.3 is 0 Å². The SMILES string of the molecule is Cc1ccccc1C1(CNC2CCC2)CC1. The van der Waals surface area contributed by atoms with E-state index in [4.69, 9.17) is 0 Å². The summed E-state index contributed by atoms with van der Waals surface area (Å²) in [6.45, 7) is 3.45. The van der Waals surface area contributed by atoms with E-state index in [9.17, 15) is 0 Å². The van der Waals surface area contributed by atoms with Gasteiger partial charge < -0.3 is 5.32 Å². The van der Waals surface area contributed by atoms with Crippen LogP contribution in [0.1, 0.15) is 43.2 Å². The van der Waals surface area contributed by atoms with E-state index >= 15 is 0 Å². The molecule has 0 heterocycles. The van der Waals surface area contributed by atoms with E-state index in [-0.39, 0.29) is 0 Å². The summed E-state index contributed by atoms with van der Waals surface area (Å²) in [5, 5.41) is 3.75. The minimum atomic E-state index is 0.487. The summed E-state index contributed by atoms with van der Waals surface area (Å²) in [5.41, 5.74) is 3.54. The smallest absolute Gasteiger partial charge is 0.00811 e. The molecule has 0 saturated heterocycles. The number of nitrogens with one attached hydrogen (secondary N) is 1. The molecule has 2 saturated carbocycles. The third-order valence-electron chi connectivity index (χ3n) is 4.40. The van der Waals surface area contributed by atoms with Crippen LogP contribution >= 0.6 is 0 Å². The van der Waals surface area contributed by atoms with Gasteiger partial charge in [0.05, 0.1) is 0 Å². The van der Waals surface area contributed by atoms with Crippen molar-refractivity contribution in [3.05, 3.63) is 35.4 Å². The second-order valence-electron chi connectivity index (χ2n) is 5.60. The highest BCUT2D eigenvalue weighted by Gasteiger charge is 2.45. The summed E-state index contributed by atoms with van der Waals surface area (Å²) in [6, 6.07) is 9.73. The van der Waals surface area contributed by atoms with Gasteiger partial charge in [-0.25, -0.2) is 0 Å². The van der Waals surface area contributed by atoms with E-state index in [1.165, 1.54) is 44.2 Å². The normalized spacial score (nSPS) is 22.8. The molecule has 0 radical (unpaired) electrons. The zero-order valence-electron chi connectivity index (χ0n) is 10.1. The molecule has 2 aliphatic rings. The van der Waals surface area contributed by atoms with Gasteiger partial charge in [0.15, 0.2) is 0 Å². The van der Waals surface area contributed by atoms with Crippen molar-refractivity contribution in [2.75, 3.05) is 6.54 Å². The van der Waals surface area contributed by atoms with E-state index in [0.717, 1.165) is 6.04 Å². The molecule has 1 nitrogen and oxygen atoms in total. The van der Waals surface area contributed by atoms with Crippen LogP contribution < -0.4 is 5.32 Å². The van der Waals surface area contributed by atoms with Gasteiger partial charge in [0.2, 0.25) is 0 Å². The van der Waals surface area contributed by atoms with Crippen molar-refractivity contribution in [1.82, 2.24) is 5.32 Å². The Bertz CT molecular complexity index is 375. The van der Waals surface area contributed by atoms with E-state index in [1.807, 2.05) is 0 Å². The number of benzene rings is 1. The van der Waals surface area contributed by atoms with Crippen LogP contribution in [0.15, 0.2) is 24.3 Å². The Kier molecular flexibility index (Phi) is 2.51. The highest BCUT2D eigenvalue weighted by molar-refractivity contribution is 5.38. The number of hydrogen-bond donors (Lipinski definition) is 1. The molecular weight excluding hydrogens is 194 g/mol. The van der Waals surface area contributed by atoms with Gasteiger partial charge in [-0.2, -0.15) is 0 Å². The van der Waals surface area contributed by atoms with Crippen molar-refractivity contribution in [2.24, 2.45) is 0 Å². The molecule has 2 aliphatic carbocycles. The number of rotatable bonds is 4. The molecule has 0 amide bonds. The number of aryl methyl sites for hydroxylation is 1. The summed E-state index contributed by atoms with van der Waals surface area (Å²) >= 11 is 0. The van der Waals surface area contributed by atoms with Crippen LogP contribution in [0.2, 0.25) is 0 Å². The molecule has 0 unspecified atom stereocenters. The van der Waals surface area contributed by atoms with Crippen molar-refractivity contribution in [1.29, 1.82) is 0 Å². The second-order valence-corrected chi connectivity index (χ2v) is 5.60. The Labute approximate surface area is 98.3 Å². The maximum absolute atomic E-state index is 3.75. The molecule has 3 rings (SSSR count). The topological polar surface area (TPSA) is 12.0 Å². The Morgan fingerprint density at radius 1 is 1.25 bits per heavy atom. The van der Waals surface area contributed by atoms with Crippen LogP contribution in [-0.2, 0) is 5.41 Å². The highest BCUT2D eigenvalue weighted by atomic mass is 14.9. The molecule has 0 atom stereocenters. The molecule has 1 heteroatoms. The van der Waals surface area contributed by atoms with Crippen LogP contribution in [0.3, 0.4) is 0 Å². The Morgan fingerprint density at radius 3 is 2.56 bits per heavy atom. The molecule has 0 aliphatic heterocycles. The highest BCUT2D eigenvalue weighted by Crippen LogP contribution is 2.48. The first-order valence-corrected chi connectivity index (χ1v) is 6.60. The van der Waals surface area contributed by atoms with Gasteiger partial charge in [0.25, 0.3) is 0 Å². The van der Waals surface area contributed by atoms with Crippen LogP contribution in [-0.4, -0.2) is 12.6 Å². The van der Waals surface area contributed by atoms with E-state index < -0.39 is 0 Å². The zero-order valence-corrected chi connectivity index (χ0v) is 10.1. The maximum atomic E-state index is 3.75. The fourth-order valence-corrected chi connectivity index (χ4v) is 2.81. The van der Waals surface area contributed by atoms with Gasteiger partial charge in [0.1, 0.15) is 0 Å². The summed E-state index contributed by atoms with van der Waals surface area (Å²) < 4.78 is 0. The van der Waals surface area contributed by atoms with E-state index in [1.54, 1.807) is 5.56 Å². The molecule has 1 aromatic rings. The van der Waals surface area contributed by atoms with Crippen LogP contribution in [0.5, 0.6) is 0 Å². The third kappa shape index (κ3) is 1.78. The minimum Gasteiger partial charge on any atom is -0.313 e. The Hall–Kier alpha value is -0.820. The first kappa shape index (κ1) is 10.3. The van der Waals surface area contributed by atoms with Crippen LogP contribution in [0.4, 0.5) is 0 Å². The standard InChI is InChI=1S/C15H21N/c1-12-5-2-3-8-14(12)15(9-10-15)11-16-13-6-4-7-13/h2-3,5,8,13,16H,4,6-7,9-11H2,1H3. The lowest BCUT2D eigenvalue weighted by atomic mass is 9.89. The fraction of sp³-hybridized carbons (Fsp3) is 0.600. The van der Waals surface area contributed by atoms with E-state index in [0.29, 0.717) is 5.41 Å². The largest absolute Gasteiger partial charge is 0.313 e. The average molecular weight is 215 g/mol. The predicted molar refractivity (Wildman–Crippen MR) is 67.7 cm³/mol. The van der Waals surface area contributed by atoms with Crippen molar-refractivity contribution >= 4 is 0 Å². The fourth-order valence-electron chi connectivity index (χ4n) is 2.81. The molecule has 0 bridgehead atoms. The minimum absolute atomic E-state index is 0.487. The van der Waals surface area contributed by atoms with E-state index in [2.05, 4.69) is 36.5 Å².